The second-order valence-corrected chi connectivity index (χ2v) is 3.04. The average Bonchev–Trinajstić information content (AvgIpc) is 1.59. The molecule has 62 valence electrons. The number of hydrogen-bond donors (Lipinski definition) is 0. The van der Waals surface area contributed by atoms with E-state index in [2.05, 4.69) is 0 Å². The maximum absolute atomic E-state index is 11.6. The highest BCUT2D eigenvalue weighted by atomic mass is 19.4. The van der Waals surface area contributed by atoms with Crippen molar-refractivity contribution in [1.29, 1.82) is 0 Å². The Morgan fingerprint density at radius 1 is 1.20 bits per heavy atom. The third-order valence-corrected chi connectivity index (χ3v) is 1.31. The molecule has 0 radical (unpaired) electrons. The Kier molecular flexibility index (Phi) is 3.83. The van der Waals surface area contributed by atoms with Gasteiger partial charge in [-0.1, -0.05) is 33.0 Å². The molecule has 0 heterocycles. The van der Waals surface area contributed by atoms with Gasteiger partial charge in [-0.15, -0.1) is 0 Å². The van der Waals surface area contributed by atoms with Gasteiger partial charge >= 0.3 is 6.98 Å². The molecule has 0 aromatic carbocycles. The summed E-state index contributed by atoms with van der Waals surface area (Å²) in [4.78, 5) is 0. The van der Waals surface area contributed by atoms with Gasteiger partial charge in [-0.2, -0.15) is 0 Å². The van der Waals surface area contributed by atoms with Crippen molar-refractivity contribution in [2.45, 2.75) is 33.0 Å². The van der Waals surface area contributed by atoms with Crippen molar-refractivity contribution in [3.63, 3.8) is 0 Å². The minimum absolute atomic E-state index is 0.293. The Balaban J connectivity index is 3.21. The van der Waals surface area contributed by atoms with E-state index < -0.39 is 13.3 Å². The molecule has 4 heteroatoms. The summed E-state index contributed by atoms with van der Waals surface area (Å²) >= 11 is 0. The van der Waals surface area contributed by atoms with E-state index in [9.17, 15) is 12.9 Å². The van der Waals surface area contributed by atoms with Gasteiger partial charge in [0.1, 0.15) is 0 Å². The normalized spacial score (nSPS) is 12.6. The van der Waals surface area contributed by atoms with E-state index in [1.54, 1.807) is 0 Å². The average molecular weight is 153 g/mol. The molecule has 0 bridgehead atoms. The Labute approximate surface area is 59.9 Å². The van der Waals surface area contributed by atoms with Gasteiger partial charge in [-0.3, -0.25) is 0 Å². The van der Waals surface area contributed by atoms with Crippen LogP contribution in [0, 0.1) is 5.92 Å². The molecule has 0 aromatic heterocycles. The van der Waals surface area contributed by atoms with Gasteiger partial charge in [0.25, 0.3) is 0 Å². The lowest BCUT2D eigenvalue weighted by Crippen LogP contribution is -2.13. The van der Waals surface area contributed by atoms with Crippen molar-refractivity contribution in [2.75, 3.05) is 0 Å². The first kappa shape index (κ1) is 9.85. The molecule has 0 N–H and O–H groups in total. The van der Waals surface area contributed by atoms with Crippen molar-refractivity contribution in [1.82, 2.24) is 0 Å². The molecule has 0 atom stereocenters. The quantitative estimate of drug-likeness (QED) is 0.543. The largest absolute Gasteiger partial charge is 0.478 e. The van der Waals surface area contributed by atoms with Crippen LogP contribution in [0.15, 0.2) is 0 Å². The fraction of sp³-hybridized carbons (Fsp3) is 1.00. The highest BCUT2D eigenvalue weighted by Gasteiger charge is 2.21. The molecule has 0 nitrogen and oxygen atoms in total. The molecular formula is C6H13BF3-. The Bertz CT molecular complexity index is 87.5. The molecule has 0 amide bonds. The molecule has 0 aliphatic carbocycles. The zero-order chi connectivity index (χ0) is 8.20. The summed E-state index contributed by atoms with van der Waals surface area (Å²) in [5, 5.41) is 0. The van der Waals surface area contributed by atoms with Crippen molar-refractivity contribution >= 4 is 6.98 Å². The number of rotatable bonds is 4. The zero-order valence-electron chi connectivity index (χ0n) is 6.41. The first-order valence-corrected chi connectivity index (χ1v) is 3.63. The van der Waals surface area contributed by atoms with Gasteiger partial charge in [0, 0.05) is 0 Å². The van der Waals surface area contributed by atoms with Crippen LogP contribution in [0.4, 0.5) is 12.9 Å². The molecule has 0 rings (SSSR count). The van der Waals surface area contributed by atoms with E-state index >= 15 is 0 Å². The van der Waals surface area contributed by atoms with Crippen LogP contribution in [0.25, 0.3) is 0 Å². The van der Waals surface area contributed by atoms with Crippen molar-refractivity contribution in [3.05, 3.63) is 0 Å². The van der Waals surface area contributed by atoms with Crippen LogP contribution >= 0.6 is 0 Å². The van der Waals surface area contributed by atoms with E-state index in [-0.39, 0.29) is 0 Å². The van der Waals surface area contributed by atoms with Crippen LogP contribution in [0.5, 0.6) is 0 Å². The predicted octanol–water partition coefficient (Wildman–Crippen LogP) is 3.27. The molecular weight excluding hydrogens is 140 g/mol. The molecule has 10 heavy (non-hydrogen) atoms. The first-order chi connectivity index (χ1) is 4.42. The summed E-state index contributed by atoms with van der Waals surface area (Å²) in [6.07, 6.45) is 0.403. The molecule has 0 saturated heterocycles. The standard InChI is InChI=1S/C6H13BF3/c1-6(2)4-3-5-7(8,9)10/h6H,3-5H2,1-2H3/q-1. The van der Waals surface area contributed by atoms with E-state index in [4.69, 9.17) is 0 Å². The lowest BCUT2D eigenvalue weighted by molar-refractivity contribution is 0.452. The summed E-state index contributed by atoms with van der Waals surface area (Å²) < 4.78 is 34.7. The van der Waals surface area contributed by atoms with Crippen LogP contribution in [0.3, 0.4) is 0 Å². The van der Waals surface area contributed by atoms with Crippen LogP contribution in [0.2, 0.25) is 6.32 Å². The number of hydrogen-bond acceptors (Lipinski definition) is 0. The summed E-state index contributed by atoms with van der Waals surface area (Å²) in [7, 11) is 0. The fourth-order valence-electron chi connectivity index (χ4n) is 0.758. The smallest absolute Gasteiger partial charge is 0.449 e. The van der Waals surface area contributed by atoms with Crippen LogP contribution in [0.1, 0.15) is 26.7 Å². The summed E-state index contributed by atoms with van der Waals surface area (Å²) in [5.41, 5.74) is 0. The van der Waals surface area contributed by atoms with Gasteiger partial charge in [0.15, 0.2) is 0 Å². The van der Waals surface area contributed by atoms with Gasteiger partial charge in [0.05, 0.1) is 0 Å². The second-order valence-electron chi connectivity index (χ2n) is 3.04. The summed E-state index contributed by atoms with van der Waals surface area (Å²) in [6.45, 7) is -0.663. The topological polar surface area (TPSA) is 0 Å². The molecule has 0 aliphatic heterocycles. The SMILES string of the molecule is CC(C)CCC[B-](F)(F)F. The summed E-state index contributed by atoms with van der Waals surface area (Å²) in [5.74, 6) is 0.387. The molecule has 0 aliphatic rings. The van der Waals surface area contributed by atoms with Crippen LogP contribution in [-0.4, -0.2) is 6.98 Å². The van der Waals surface area contributed by atoms with Gasteiger partial charge in [-0.05, 0) is 5.92 Å². The lowest BCUT2D eigenvalue weighted by Gasteiger charge is -2.13. The highest BCUT2D eigenvalue weighted by Crippen LogP contribution is 2.19. The highest BCUT2D eigenvalue weighted by molar-refractivity contribution is 6.58. The lowest BCUT2D eigenvalue weighted by atomic mass is 9.82. The second kappa shape index (κ2) is 3.89. The maximum Gasteiger partial charge on any atom is 0.478 e. The van der Waals surface area contributed by atoms with E-state index in [0.29, 0.717) is 18.8 Å². The maximum atomic E-state index is 11.6. The minimum Gasteiger partial charge on any atom is -0.449 e. The fourth-order valence-corrected chi connectivity index (χ4v) is 0.758. The van der Waals surface area contributed by atoms with Gasteiger partial charge < -0.3 is 12.9 Å². The molecule has 0 aromatic rings. The zero-order valence-corrected chi connectivity index (χ0v) is 6.41. The molecule has 0 saturated carbocycles. The third-order valence-electron chi connectivity index (χ3n) is 1.31. The Hall–Kier alpha value is -0.145. The molecule has 0 unspecified atom stereocenters. The first-order valence-electron chi connectivity index (χ1n) is 3.63. The van der Waals surface area contributed by atoms with E-state index in [0.717, 1.165) is 0 Å². The third kappa shape index (κ3) is 7.85. The molecule has 0 fully saturated rings. The predicted molar refractivity (Wildman–Crippen MR) is 38.0 cm³/mol. The monoisotopic (exact) mass is 153 g/mol. The number of halogens is 3. The Morgan fingerprint density at radius 2 is 1.70 bits per heavy atom. The Morgan fingerprint density at radius 3 is 2.00 bits per heavy atom. The van der Waals surface area contributed by atoms with Gasteiger partial charge in [0.2, 0.25) is 0 Å². The summed E-state index contributed by atoms with van der Waals surface area (Å²) in [6, 6.07) is 0. The van der Waals surface area contributed by atoms with Gasteiger partial charge in [-0.25, -0.2) is 0 Å². The van der Waals surface area contributed by atoms with Crippen molar-refractivity contribution < 1.29 is 12.9 Å². The minimum atomic E-state index is -4.53. The van der Waals surface area contributed by atoms with Crippen molar-refractivity contribution in [2.24, 2.45) is 5.92 Å². The molecule has 0 spiro atoms. The van der Waals surface area contributed by atoms with E-state index in [1.165, 1.54) is 0 Å². The van der Waals surface area contributed by atoms with Crippen LogP contribution in [-0.2, 0) is 0 Å². The van der Waals surface area contributed by atoms with Crippen molar-refractivity contribution in [3.8, 4) is 0 Å². The van der Waals surface area contributed by atoms with Crippen LogP contribution < -0.4 is 0 Å². The van der Waals surface area contributed by atoms with E-state index in [1.807, 2.05) is 13.8 Å².